The Morgan fingerprint density at radius 2 is 2.50 bits per heavy atom. The summed E-state index contributed by atoms with van der Waals surface area (Å²) in [6.45, 7) is 0.912. The highest BCUT2D eigenvalue weighted by Gasteiger charge is 2.27. The van der Waals surface area contributed by atoms with Crippen molar-refractivity contribution >= 4 is 21.6 Å². The molecule has 3 heterocycles. The predicted octanol–water partition coefficient (Wildman–Crippen LogP) is 1.74. The van der Waals surface area contributed by atoms with Crippen molar-refractivity contribution in [3.05, 3.63) is 23.5 Å². The molecular weight excluding hydrogens is 222 g/mol. The van der Waals surface area contributed by atoms with Crippen LogP contribution in [-0.2, 0) is 4.74 Å². The largest absolute Gasteiger partial charge is 0.380 e. The Bertz CT molecular complexity index is 466. The molecule has 84 valence electrons. The highest BCUT2D eigenvalue weighted by molar-refractivity contribution is 7.18. The molecule has 16 heavy (non-hydrogen) atoms. The van der Waals surface area contributed by atoms with Gasteiger partial charge >= 0.3 is 0 Å². The van der Waals surface area contributed by atoms with Crippen molar-refractivity contribution in [2.24, 2.45) is 0 Å². The lowest BCUT2D eigenvalue weighted by Gasteiger charge is -2.05. The van der Waals surface area contributed by atoms with Crippen LogP contribution in [0.2, 0.25) is 0 Å². The second-order valence-electron chi connectivity index (χ2n) is 3.95. The Hall–Kier alpha value is -1.04. The van der Waals surface area contributed by atoms with E-state index in [0.29, 0.717) is 12.1 Å². The smallest absolute Gasteiger partial charge is 0.111 e. The fraction of sp³-hybridized carbons (Fsp3) is 0.455. The molecule has 0 bridgehead atoms. The van der Waals surface area contributed by atoms with E-state index < -0.39 is 0 Å². The molecule has 2 unspecified atom stereocenters. The van der Waals surface area contributed by atoms with Crippen LogP contribution < -0.4 is 5.32 Å². The molecule has 0 aliphatic carbocycles. The molecule has 0 saturated carbocycles. The number of thiazole rings is 1. The van der Waals surface area contributed by atoms with Crippen LogP contribution in [0.15, 0.2) is 18.5 Å². The number of ether oxygens (including phenoxy) is 1. The standard InChI is InChI=1S/C11H13N3OS/c1-15-7-4-8(13-5-7)11-14-9-6-12-3-2-10(9)16-11/h2-3,6-8,13H,4-5H2,1H3. The third-order valence-electron chi connectivity index (χ3n) is 2.93. The Balaban J connectivity index is 1.89. The highest BCUT2D eigenvalue weighted by Crippen LogP contribution is 2.30. The van der Waals surface area contributed by atoms with E-state index in [4.69, 9.17) is 4.74 Å². The van der Waals surface area contributed by atoms with Gasteiger partial charge < -0.3 is 10.1 Å². The van der Waals surface area contributed by atoms with Crippen LogP contribution in [-0.4, -0.2) is 29.7 Å². The van der Waals surface area contributed by atoms with E-state index in [-0.39, 0.29) is 0 Å². The van der Waals surface area contributed by atoms with E-state index in [1.807, 2.05) is 18.5 Å². The van der Waals surface area contributed by atoms with Crippen LogP contribution in [0.3, 0.4) is 0 Å². The maximum atomic E-state index is 5.34. The van der Waals surface area contributed by atoms with E-state index in [0.717, 1.165) is 23.5 Å². The zero-order chi connectivity index (χ0) is 11.0. The van der Waals surface area contributed by atoms with Crippen molar-refractivity contribution in [2.45, 2.75) is 18.6 Å². The number of nitrogens with one attached hydrogen (secondary N) is 1. The minimum Gasteiger partial charge on any atom is -0.380 e. The van der Waals surface area contributed by atoms with Gasteiger partial charge in [0.1, 0.15) is 5.01 Å². The van der Waals surface area contributed by atoms with Gasteiger partial charge in [-0.1, -0.05) is 0 Å². The summed E-state index contributed by atoms with van der Waals surface area (Å²) in [6, 6.07) is 2.35. The molecule has 1 aliphatic heterocycles. The quantitative estimate of drug-likeness (QED) is 0.861. The summed E-state index contributed by atoms with van der Waals surface area (Å²) in [5.74, 6) is 0. The zero-order valence-corrected chi connectivity index (χ0v) is 9.83. The molecule has 2 aromatic heterocycles. The summed E-state index contributed by atoms with van der Waals surface area (Å²) in [7, 11) is 1.76. The lowest BCUT2D eigenvalue weighted by atomic mass is 10.2. The molecular formula is C11H13N3OS. The van der Waals surface area contributed by atoms with Crippen molar-refractivity contribution in [1.29, 1.82) is 0 Å². The van der Waals surface area contributed by atoms with Gasteiger partial charge in [-0.3, -0.25) is 4.98 Å². The number of aromatic nitrogens is 2. The average molecular weight is 235 g/mol. The molecule has 4 nitrogen and oxygen atoms in total. The molecule has 0 aromatic carbocycles. The molecule has 1 fully saturated rings. The maximum Gasteiger partial charge on any atom is 0.111 e. The Labute approximate surface area is 97.7 Å². The van der Waals surface area contributed by atoms with Gasteiger partial charge in [0.15, 0.2) is 0 Å². The minimum atomic E-state index is 0.315. The summed E-state index contributed by atoms with van der Waals surface area (Å²) in [6.07, 6.45) is 4.95. The van der Waals surface area contributed by atoms with E-state index in [2.05, 4.69) is 15.3 Å². The van der Waals surface area contributed by atoms with Gasteiger partial charge in [-0.05, 0) is 12.5 Å². The van der Waals surface area contributed by atoms with Gasteiger partial charge in [0.2, 0.25) is 0 Å². The normalized spacial score (nSPS) is 25.3. The average Bonchev–Trinajstić information content (AvgIpc) is 2.95. The number of methoxy groups -OCH3 is 1. The Morgan fingerprint density at radius 1 is 1.56 bits per heavy atom. The first kappa shape index (κ1) is 10.1. The van der Waals surface area contributed by atoms with Gasteiger partial charge in [0.25, 0.3) is 0 Å². The third-order valence-corrected chi connectivity index (χ3v) is 4.08. The zero-order valence-electron chi connectivity index (χ0n) is 9.01. The monoisotopic (exact) mass is 235 g/mol. The van der Waals surface area contributed by atoms with Gasteiger partial charge in [-0.15, -0.1) is 11.3 Å². The van der Waals surface area contributed by atoms with Crippen molar-refractivity contribution in [2.75, 3.05) is 13.7 Å². The van der Waals surface area contributed by atoms with Crippen LogP contribution >= 0.6 is 11.3 Å². The van der Waals surface area contributed by atoms with Crippen molar-refractivity contribution in [3.8, 4) is 0 Å². The first-order valence-corrected chi connectivity index (χ1v) is 6.15. The number of fused-ring (bicyclic) bond motifs is 1. The van der Waals surface area contributed by atoms with Crippen LogP contribution in [0.1, 0.15) is 17.5 Å². The van der Waals surface area contributed by atoms with Crippen molar-refractivity contribution in [3.63, 3.8) is 0 Å². The van der Waals surface area contributed by atoms with Crippen molar-refractivity contribution in [1.82, 2.24) is 15.3 Å². The van der Waals surface area contributed by atoms with E-state index in [1.165, 1.54) is 4.70 Å². The maximum absolute atomic E-state index is 5.34. The topological polar surface area (TPSA) is 47.0 Å². The first-order valence-electron chi connectivity index (χ1n) is 5.33. The summed E-state index contributed by atoms with van der Waals surface area (Å²) in [4.78, 5) is 8.68. The Kier molecular flexibility index (Phi) is 2.59. The fourth-order valence-corrected chi connectivity index (χ4v) is 3.04. The predicted molar refractivity (Wildman–Crippen MR) is 63.6 cm³/mol. The SMILES string of the molecule is COC1CNC(c2nc3cnccc3s2)C1. The summed E-state index contributed by atoms with van der Waals surface area (Å²) >= 11 is 1.74. The van der Waals surface area contributed by atoms with Gasteiger partial charge in [0.05, 0.1) is 28.6 Å². The summed E-state index contributed by atoms with van der Waals surface area (Å²) < 4.78 is 6.54. The number of rotatable bonds is 2. The molecule has 0 amide bonds. The molecule has 1 saturated heterocycles. The van der Waals surface area contributed by atoms with Crippen LogP contribution in [0.5, 0.6) is 0 Å². The first-order chi connectivity index (χ1) is 7.86. The number of hydrogen-bond donors (Lipinski definition) is 1. The van der Waals surface area contributed by atoms with Crippen LogP contribution in [0, 0.1) is 0 Å². The molecule has 5 heteroatoms. The van der Waals surface area contributed by atoms with Crippen molar-refractivity contribution < 1.29 is 4.74 Å². The van der Waals surface area contributed by atoms with Crippen LogP contribution in [0.25, 0.3) is 10.2 Å². The third kappa shape index (κ3) is 1.71. The van der Waals surface area contributed by atoms with E-state index in [9.17, 15) is 0 Å². The molecule has 1 aliphatic rings. The second-order valence-corrected chi connectivity index (χ2v) is 5.01. The molecule has 2 aromatic rings. The summed E-state index contributed by atoms with van der Waals surface area (Å²) in [5.41, 5.74) is 0.991. The Morgan fingerprint density at radius 3 is 3.25 bits per heavy atom. The second kappa shape index (κ2) is 4.08. The van der Waals surface area contributed by atoms with Gasteiger partial charge in [-0.25, -0.2) is 4.98 Å². The van der Waals surface area contributed by atoms with Gasteiger partial charge in [0, 0.05) is 19.9 Å². The van der Waals surface area contributed by atoms with Gasteiger partial charge in [-0.2, -0.15) is 0 Å². The lowest BCUT2D eigenvalue weighted by molar-refractivity contribution is 0.117. The lowest BCUT2D eigenvalue weighted by Crippen LogP contribution is -2.15. The fourth-order valence-electron chi connectivity index (χ4n) is 2.02. The molecule has 0 radical (unpaired) electrons. The van der Waals surface area contributed by atoms with Crippen LogP contribution in [0.4, 0.5) is 0 Å². The highest BCUT2D eigenvalue weighted by atomic mass is 32.1. The molecule has 3 rings (SSSR count). The summed E-state index contributed by atoms with van der Waals surface area (Å²) in [5, 5.41) is 4.58. The molecule has 1 N–H and O–H groups in total. The van der Waals surface area contributed by atoms with E-state index >= 15 is 0 Å². The number of pyridine rings is 1. The minimum absolute atomic E-state index is 0.315. The molecule has 2 atom stereocenters. The number of hydrogen-bond acceptors (Lipinski definition) is 5. The number of nitrogens with zero attached hydrogens (tertiary/aromatic N) is 2. The molecule has 0 spiro atoms. The van der Waals surface area contributed by atoms with E-state index in [1.54, 1.807) is 18.4 Å².